The average Bonchev–Trinajstić information content (AvgIpc) is 2.79. The highest BCUT2D eigenvalue weighted by Gasteiger charge is 2.30. The van der Waals surface area contributed by atoms with Crippen molar-refractivity contribution < 1.29 is 9.90 Å². The van der Waals surface area contributed by atoms with E-state index < -0.39 is 5.60 Å². The Morgan fingerprint density at radius 1 is 1.45 bits per heavy atom. The van der Waals surface area contributed by atoms with Crippen LogP contribution >= 0.6 is 0 Å². The summed E-state index contributed by atoms with van der Waals surface area (Å²) in [4.78, 5) is 12.3. The molecule has 20 heavy (non-hydrogen) atoms. The van der Waals surface area contributed by atoms with E-state index in [-0.39, 0.29) is 11.9 Å². The summed E-state index contributed by atoms with van der Waals surface area (Å²) < 4.78 is 1.86. The van der Waals surface area contributed by atoms with Crippen LogP contribution in [0.4, 0.5) is 5.69 Å². The number of nitrogens with zero attached hydrogens (tertiary/aromatic N) is 1. The van der Waals surface area contributed by atoms with E-state index in [0.29, 0.717) is 17.9 Å². The fourth-order valence-electron chi connectivity index (χ4n) is 2.83. The van der Waals surface area contributed by atoms with Crippen LogP contribution in [-0.2, 0) is 0 Å². The summed E-state index contributed by atoms with van der Waals surface area (Å²) in [5.41, 5.74) is 6.16. The monoisotopic (exact) mass is 279 g/mol. The smallest absolute Gasteiger partial charge is 0.268 e. The zero-order chi connectivity index (χ0) is 14.8. The maximum absolute atomic E-state index is 12.3. The third-order valence-electron chi connectivity index (χ3n) is 4.02. The van der Waals surface area contributed by atoms with Gasteiger partial charge in [0.05, 0.1) is 11.3 Å². The maximum Gasteiger partial charge on any atom is 0.268 e. The standard InChI is InChI=1S/C15H25N3O2/c1-11(2)18-9-12(16)8-13(18)14(19)17-10-15(20)6-4-3-5-7-15/h8-9,11,20H,3-7,10,16H2,1-2H3,(H,17,19). The summed E-state index contributed by atoms with van der Waals surface area (Å²) in [7, 11) is 0. The highest BCUT2D eigenvalue weighted by atomic mass is 16.3. The number of anilines is 1. The van der Waals surface area contributed by atoms with Crippen LogP contribution in [0.5, 0.6) is 0 Å². The van der Waals surface area contributed by atoms with Crippen molar-refractivity contribution in [2.75, 3.05) is 12.3 Å². The van der Waals surface area contributed by atoms with Crippen molar-refractivity contribution in [2.45, 2.75) is 57.6 Å². The number of carbonyl (C=O) groups excluding carboxylic acids is 1. The zero-order valence-electron chi connectivity index (χ0n) is 12.4. The molecule has 0 aliphatic heterocycles. The minimum atomic E-state index is -0.741. The van der Waals surface area contributed by atoms with Gasteiger partial charge in [-0.2, -0.15) is 0 Å². The zero-order valence-corrected chi connectivity index (χ0v) is 12.4. The van der Waals surface area contributed by atoms with Gasteiger partial charge in [0.15, 0.2) is 0 Å². The summed E-state index contributed by atoms with van der Waals surface area (Å²) >= 11 is 0. The van der Waals surface area contributed by atoms with Gasteiger partial charge in [-0.15, -0.1) is 0 Å². The molecule has 1 amide bonds. The molecule has 1 heterocycles. The minimum Gasteiger partial charge on any atom is -0.397 e. The molecule has 0 spiro atoms. The molecule has 1 aromatic heterocycles. The first-order valence-corrected chi connectivity index (χ1v) is 7.39. The molecule has 0 aromatic carbocycles. The van der Waals surface area contributed by atoms with Crippen LogP contribution in [0.15, 0.2) is 12.3 Å². The number of aromatic nitrogens is 1. The lowest BCUT2D eigenvalue weighted by atomic mass is 9.85. The molecular formula is C15H25N3O2. The molecule has 1 fully saturated rings. The predicted molar refractivity (Wildman–Crippen MR) is 79.6 cm³/mol. The Morgan fingerprint density at radius 2 is 2.10 bits per heavy atom. The Bertz CT molecular complexity index is 473. The van der Waals surface area contributed by atoms with Crippen molar-refractivity contribution in [1.82, 2.24) is 9.88 Å². The molecule has 1 aliphatic rings. The van der Waals surface area contributed by atoms with E-state index in [0.717, 1.165) is 25.7 Å². The molecule has 2 rings (SSSR count). The number of rotatable bonds is 4. The van der Waals surface area contributed by atoms with Gasteiger partial charge < -0.3 is 20.7 Å². The SMILES string of the molecule is CC(C)n1cc(N)cc1C(=O)NCC1(O)CCCCC1. The van der Waals surface area contributed by atoms with Gasteiger partial charge in [0.1, 0.15) is 5.69 Å². The molecule has 0 bridgehead atoms. The lowest BCUT2D eigenvalue weighted by molar-refractivity contribution is 0.00516. The Kier molecular flexibility index (Phi) is 4.38. The van der Waals surface area contributed by atoms with Crippen molar-refractivity contribution in [2.24, 2.45) is 0 Å². The van der Waals surface area contributed by atoms with Crippen LogP contribution in [-0.4, -0.2) is 27.7 Å². The molecule has 0 unspecified atom stereocenters. The molecule has 1 aromatic rings. The predicted octanol–water partition coefficient (Wildman–Crippen LogP) is 2.08. The largest absolute Gasteiger partial charge is 0.397 e. The van der Waals surface area contributed by atoms with E-state index in [1.54, 1.807) is 12.3 Å². The first kappa shape index (κ1) is 14.9. The van der Waals surface area contributed by atoms with Gasteiger partial charge in [-0.05, 0) is 32.8 Å². The summed E-state index contributed by atoms with van der Waals surface area (Å²) in [5, 5.41) is 13.3. The van der Waals surface area contributed by atoms with E-state index in [9.17, 15) is 9.90 Å². The molecule has 1 aliphatic carbocycles. The van der Waals surface area contributed by atoms with Gasteiger partial charge in [-0.25, -0.2) is 0 Å². The van der Waals surface area contributed by atoms with Gasteiger partial charge in [0.2, 0.25) is 0 Å². The van der Waals surface area contributed by atoms with Gasteiger partial charge in [0, 0.05) is 18.8 Å². The lowest BCUT2D eigenvalue weighted by Gasteiger charge is -2.32. The van der Waals surface area contributed by atoms with Gasteiger partial charge in [0.25, 0.3) is 5.91 Å². The first-order valence-electron chi connectivity index (χ1n) is 7.39. The summed E-state index contributed by atoms with van der Waals surface area (Å²) in [6, 6.07) is 1.85. The van der Waals surface area contributed by atoms with Crippen LogP contribution in [0, 0.1) is 0 Å². The van der Waals surface area contributed by atoms with Gasteiger partial charge in [-0.1, -0.05) is 19.3 Å². The minimum absolute atomic E-state index is 0.172. The summed E-state index contributed by atoms with van der Waals surface area (Å²) in [6.07, 6.45) is 6.53. The lowest BCUT2D eigenvalue weighted by Crippen LogP contribution is -2.44. The number of nitrogens with one attached hydrogen (secondary N) is 1. The number of carbonyl (C=O) groups is 1. The number of aliphatic hydroxyl groups is 1. The average molecular weight is 279 g/mol. The molecule has 0 atom stereocenters. The Balaban J connectivity index is 2.01. The summed E-state index contributed by atoms with van der Waals surface area (Å²) in [6.45, 7) is 4.32. The van der Waals surface area contributed by atoms with Crippen molar-refractivity contribution >= 4 is 11.6 Å². The second-order valence-corrected chi connectivity index (χ2v) is 6.13. The number of hydrogen-bond acceptors (Lipinski definition) is 3. The van der Waals surface area contributed by atoms with E-state index in [4.69, 9.17) is 5.73 Å². The quantitative estimate of drug-likeness (QED) is 0.789. The molecule has 5 heteroatoms. The van der Waals surface area contributed by atoms with Crippen molar-refractivity contribution in [3.05, 3.63) is 18.0 Å². The van der Waals surface area contributed by atoms with Crippen molar-refractivity contribution in [3.8, 4) is 0 Å². The highest BCUT2D eigenvalue weighted by Crippen LogP contribution is 2.27. The van der Waals surface area contributed by atoms with Crippen molar-refractivity contribution in [3.63, 3.8) is 0 Å². The van der Waals surface area contributed by atoms with E-state index in [2.05, 4.69) is 5.32 Å². The molecule has 1 saturated carbocycles. The third-order valence-corrected chi connectivity index (χ3v) is 4.02. The van der Waals surface area contributed by atoms with Crippen LogP contribution < -0.4 is 11.1 Å². The molecule has 0 saturated heterocycles. The van der Waals surface area contributed by atoms with Crippen LogP contribution in [0.2, 0.25) is 0 Å². The highest BCUT2D eigenvalue weighted by molar-refractivity contribution is 5.93. The normalized spacial score (nSPS) is 18.2. The molecule has 112 valence electrons. The number of amides is 1. The first-order chi connectivity index (χ1) is 9.41. The fraction of sp³-hybridized carbons (Fsp3) is 0.667. The van der Waals surface area contributed by atoms with E-state index in [1.807, 2.05) is 18.4 Å². The molecular weight excluding hydrogens is 254 g/mol. The van der Waals surface area contributed by atoms with Gasteiger partial charge in [-0.3, -0.25) is 4.79 Å². The maximum atomic E-state index is 12.3. The Morgan fingerprint density at radius 3 is 2.70 bits per heavy atom. The van der Waals surface area contributed by atoms with Crippen LogP contribution in [0.1, 0.15) is 62.5 Å². The van der Waals surface area contributed by atoms with E-state index in [1.165, 1.54) is 6.42 Å². The van der Waals surface area contributed by atoms with Crippen molar-refractivity contribution in [1.29, 1.82) is 0 Å². The number of nitrogens with two attached hydrogens (primary N) is 1. The molecule has 5 nitrogen and oxygen atoms in total. The number of hydrogen-bond donors (Lipinski definition) is 3. The Hall–Kier alpha value is -1.49. The fourth-order valence-corrected chi connectivity index (χ4v) is 2.83. The summed E-state index contributed by atoms with van der Waals surface area (Å²) in [5.74, 6) is -0.172. The van der Waals surface area contributed by atoms with E-state index >= 15 is 0 Å². The Labute approximate surface area is 120 Å². The van der Waals surface area contributed by atoms with Gasteiger partial charge >= 0.3 is 0 Å². The number of nitrogen functional groups attached to an aromatic ring is 1. The third kappa shape index (κ3) is 3.33. The van der Waals surface area contributed by atoms with Crippen LogP contribution in [0.3, 0.4) is 0 Å². The topological polar surface area (TPSA) is 80.3 Å². The molecule has 0 radical (unpaired) electrons. The second kappa shape index (κ2) is 5.87. The second-order valence-electron chi connectivity index (χ2n) is 6.13. The van der Waals surface area contributed by atoms with Crippen LogP contribution in [0.25, 0.3) is 0 Å². The molecule has 4 N–H and O–H groups in total.